The zero-order valence-corrected chi connectivity index (χ0v) is 10.1. The molecule has 0 fully saturated rings. The predicted octanol–water partition coefficient (Wildman–Crippen LogP) is 3.52. The summed E-state index contributed by atoms with van der Waals surface area (Å²) in [5.74, 6) is 0. The summed E-state index contributed by atoms with van der Waals surface area (Å²) in [4.78, 5) is 10.5. The quantitative estimate of drug-likeness (QED) is 0.659. The minimum Gasteiger partial charge on any atom is -0.381 e. The van der Waals surface area contributed by atoms with E-state index < -0.39 is 0 Å². The Morgan fingerprint density at radius 3 is 2.50 bits per heavy atom. The van der Waals surface area contributed by atoms with Crippen molar-refractivity contribution in [2.45, 2.75) is 13.5 Å². The monoisotopic (exact) mass is 242 g/mol. The third-order valence-corrected chi connectivity index (χ3v) is 2.87. The van der Waals surface area contributed by atoms with Gasteiger partial charge in [0.25, 0.3) is 5.69 Å². The van der Waals surface area contributed by atoms with Gasteiger partial charge in [0.2, 0.25) is 0 Å². The summed E-state index contributed by atoms with van der Waals surface area (Å²) in [5.41, 5.74) is 2.82. The van der Waals surface area contributed by atoms with Crippen LogP contribution in [0.3, 0.4) is 0 Å². The summed E-state index contributed by atoms with van der Waals surface area (Å²) in [5, 5.41) is 14.1. The number of hydrogen-bond acceptors (Lipinski definition) is 3. The highest BCUT2D eigenvalue weighted by molar-refractivity contribution is 5.48. The fourth-order valence-electron chi connectivity index (χ4n) is 1.81. The van der Waals surface area contributed by atoms with Crippen LogP contribution in [0.4, 0.5) is 11.4 Å². The molecule has 2 aromatic carbocycles. The molecule has 92 valence electrons. The van der Waals surface area contributed by atoms with Gasteiger partial charge in [0, 0.05) is 23.9 Å². The van der Waals surface area contributed by atoms with Crippen molar-refractivity contribution in [3.63, 3.8) is 0 Å². The highest BCUT2D eigenvalue weighted by Crippen LogP contribution is 2.21. The normalized spacial score (nSPS) is 10.1. The third-order valence-electron chi connectivity index (χ3n) is 2.87. The van der Waals surface area contributed by atoms with Gasteiger partial charge in [0.15, 0.2) is 0 Å². The molecule has 2 aromatic rings. The largest absolute Gasteiger partial charge is 0.381 e. The topological polar surface area (TPSA) is 55.2 Å². The number of nitrogens with zero attached hydrogens (tertiary/aromatic N) is 1. The third kappa shape index (κ3) is 2.66. The number of rotatable bonds is 4. The van der Waals surface area contributed by atoms with Crippen LogP contribution in [0.2, 0.25) is 0 Å². The summed E-state index contributed by atoms with van der Waals surface area (Å²) in [6.07, 6.45) is 0. The molecular weight excluding hydrogens is 228 g/mol. The van der Waals surface area contributed by atoms with E-state index in [1.807, 2.05) is 36.4 Å². The van der Waals surface area contributed by atoms with Crippen molar-refractivity contribution in [2.24, 2.45) is 0 Å². The second-order valence-corrected chi connectivity index (χ2v) is 4.04. The molecule has 18 heavy (non-hydrogen) atoms. The molecule has 0 unspecified atom stereocenters. The number of nitro benzene ring substituents is 1. The summed E-state index contributed by atoms with van der Waals surface area (Å²) in [7, 11) is 0. The Labute approximate surface area is 105 Å². The Bertz CT molecular complexity index is 553. The highest BCUT2D eigenvalue weighted by atomic mass is 16.6. The number of hydrogen-bond donors (Lipinski definition) is 1. The second-order valence-electron chi connectivity index (χ2n) is 4.04. The Kier molecular flexibility index (Phi) is 3.57. The minimum absolute atomic E-state index is 0.169. The second kappa shape index (κ2) is 5.31. The predicted molar refractivity (Wildman–Crippen MR) is 71.6 cm³/mol. The number of nitro groups is 1. The van der Waals surface area contributed by atoms with Gasteiger partial charge >= 0.3 is 0 Å². The molecule has 0 aromatic heterocycles. The Morgan fingerprint density at radius 2 is 1.83 bits per heavy atom. The number of para-hydroxylation sites is 1. The smallest absolute Gasteiger partial charge is 0.272 e. The summed E-state index contributed by atoms with van der Waals surface area (Å²) < 4.78 is 0. The Morgan fingerprint density at radius 1 is 1.11 bits per heavy atom. The lowest BCUT2D eigenvalue weighted by atomic mass is 10.1. The average molecular weight is 242 g/mol. The van der Waals surface area contributed by atoms with Gasteiger partial charge in [0.05, 0.1) is 4.92 Å². The van der Waals surface area contributed by atoms with Gasteiger partial charge in [-0.05, 0) is 24.6 Å². The molecule has 0 atom stereocenters. The van der Waals surface area contributed by atoms with E-state index in [2.05, 4.69) is 5.32 Å². The highest BCUT2D eigenvalue weighted by Gasteiger charge is 2.12. The molecule has 1 N–H and O–H groups in total. The zero-order chi connectivity index (χ0) is 13.0. The average Bonchev–Trinajstić information content (AvgIpc) is 2.38. The summed E-state index contributed by atoms with van der Waals surface area (Å²) in [6.45, 7) is 2.36. The SMILES string of the molecule is Cc1c(CNc2ccccc2)cccc1[N+](=O)[O-]. The molecule has 2 rings (SSSR count). The molecule has 0 saturated carbocycles. The molecule has 0 aliphatic rings. The molecule has 0 radical (unpaired) electrons. The fraction of sp³-hybridized carbons (Fsp3) is 0.143. The molecule has 0 saturated heterocycles. The maximum absolute atomic E-state index is 10.8. The zero-order valence-electron chi connectivity index (χ0n) is 10.1. The van der Waals surface area contributed by atoms with Crippen LogP contribution >= 0.6 is 0 Å². The van der Waals surface area contributed by atoms with Crippen LogP contribution in [0.1, 0.15) is 11.1 Å². The van der Waals surface area contributed by atoms with Crippen LogP contribution in [0.25, 0.3) is 0 Å². The molecule has 0 spiro atoms. The van der Waals surface area contributed by atoms with Gasteiger partial charge in [-0.1, -0.05) is 30.3 Å². The lowest BCUT2D eigenvalue weighted by Crippen LogP contribution is -2.03. The van der Waals surface area contributed by atoms with Gasteiger partial charge in [-0.15, -0.1) is 0 Å². The molecular formula is C14H14N2O2. The maximum Gasteiger partial charge on any atom is 0.272 e. The Hall–Kier alpha value is -2.36. The first-order valence-electron chi connectivity index (χ1n) is 5.70. The van der Waals surface area contributed by atoms with Crippen molar-refractivity contribution in [2.75, 3.05) is 5.32 Å². The molecule has 0 amide bonds. The van der Waals surface area contributed by atoms with Crippen molar-refractivity contribution >= 4 is 11.4 Å². The van der Waals surface area contributed by atoms with Crippen LogP contribution < -0.4 is 5.32 Å². The van der Waals surface area contributed by atoms with Crippen molar-refractivity contribution in [3.8, 4) is 0 Å². The van der Waals surface area contributed by atoms with E-state index in [9.17, 15) is 10.1 Å². The minimum atomic E-state index is -0.346. The first kappa shape index (κ1) is 12.1. The van der Waals surface area contributed by atoms with Crippen LogP contribution in [0.15, 0.2) is 48.5 Å². The number of anilines is 1. The van der Waals surface area contributed by atoms with Gasteiger partial charge in [-0.3, -0.25) is 10.1 Å². The van der Waals surface area contributed by atoms with Crippen molar-refractivity contribution < 1.29 is 4.92 Å². The first-order chi connectivity index (χ1) is 8.68. The Balaban J connectivity index is 2.15. The first-order valence-corrected chi connectivity index (χ1v) is 5.70. The molecule has 4 nitrogen and oxygen atoms in total. The van der Waals surface area contributed by atoms with E-state index in [0.717, 1.165) is 11.3 Å². The van der Waals surface area contributed by atoms with Gasteiger partial charge < -0.3 is 5.32 Å². The standard InChI is InChI=1S/C14H14N2O2/c1-11-12(6-5-9-14(11)16(17)18)10-15-13-7-3-2-4-8-13/h2-9,15H,10H2,1H3. The van der Waals surface area contributed by atoms with E-state index in [0.29, 0.717) is 12.1 Å². The summed E-state index contributed by atoms with van der Waals surface area (Å²) >= 11 is 0. The van der Waals surface area contributed by atoms with Crippen LogP contribution in [-0.4, -0.2) is 4.92 Å². The van der Waals surface area contributed by atoms with Crippen molar-refractivity contribution in [3.05, 3.63) is 69.8 Å². The molecule has 4 heteroatoms. The summed E-state index contributed by atoms with van der Waals surface area (Å²) in [6, 6.07) is 14.9. The molecule has 0 heterocycles. The van der Waals surface area contributed by atoms with Crippen LogP contribution in [0.5, 0.6) is 0 Å². The van der Waals surface area contributed by atoms with Crippen LogP contribution in [-0.2, 0) is 6.54 Å². The molecule has 0 aliphatic heterocycles. The van der Waals surface area contributed by atoms with E-state index in [4.69, 9.17) is 0 Å². The van der Waals surface area contributed by atoms with E-state index in [1.54, 1.807) is 13.0 Å². The maximum atomic E-state index is 10.8. The fourth-order valence-corrected chi connectivity index (χ4v) is 1.81. The molecule has 0 bridgehead atoms. The van der Waals surface area contributed by atoms with Crippen LogP contribution in [0, 0.1) is 17.0 Å². The lowest BCUT2D eigenvalue weighted by molar-refractivity contribution is -0.385. The number of nitrogens with one attached hydrogen (secondary N) is 1. The molecule has 0 aliphatic carbocycles. The van der Waals surface area contributed by atoms with Crippen molar-refractivity contribution in [1.82, 2.24) is 0 Å². The van der Waals surface area contributed by atoms with E-state index in [-0.39, 0.29) is 10.6 Å². The van der Waals surface area contributed by atoms with Crippen molar-refractivity contribution in [1.29, 1.82) is 0 Å². The van der Waals surface area contributed by atoms with E-state index >= 15 is 0 Å². The van der Waals surface area contributed by atoms with Gasteiger partial charge in [-0.2, -0.15) is 0 Å². The van der Waals surface area contributed by atoms with E-state index in [1.165, 1.54) is 6.07 Å². The van der Waals surface area contributed by atoms with Gasteiger partial charge in [0.1, 0.15) is 0 Å². The number of benzene rings is 2. The lowest BCUT2D eigenvalue weighted by Gasteiger charge is -2.09. The van der Waals surface area contributed by atoms with Gasteiger partial charge in [-0.25, -0.2) is 0 Å².